The molecule has 3 heterocycles. The Balaban J connectivity index is 1.39. The van der Waals surface area contributed by atoms with Gasteiger partial charge in [-0.25, -0.2) is 9.50 Å². The standard InChI is InChI=1S/C23H25N5O2/c1-15-5-3-6-17(11-15)27-10-9-26(14-16(27)2)23(30)19-13-25-28-20-7-4-8-21(29)18(20)12-24-22(19)28/h3,5-6,11-13,16H,4,7-10,14H2,1-2H3/t16-/m0/s1. The molecular weight excluding hydrogens is 378 g/mol. The molecule has 7 heteroatoms. The van der Waals surface area contributed by atoms with Gasteiger partial charge in [0.2, 0.25) is 0 Å². The van der Waals surface area contributed by atoms with Gasteiger partial charge in [0.05, 0.1) is 17.5 Å². The van der Waals surface area contributed by atoms with Crippen LogP contribution in [0.25, 0.3) is 5.65 Å². The van der Waals surface area contributed by atoms with Crippen molar-refractivity contribution in [2.75, 3.05) is 24.5 Å². The second kappa shape index (κ2) is 7.23. The quantitative estimate of drug-likeness (QED) is 0.658. The number of aromatic nitrogens is 3. The molecule has 2 aliphatic rings. The lowest BCUT2D eigenvalue weighted by Gasteiger charge is -2.41. The van der Waals surface area contributed by atoms with Gasteiger partial charge in [0.1, 0.15) is 5.56 Å². The highest BCUT2D eigenvalue weighted by Crippen LogP contribution is 2.25. The number of anilines is 1. The lowest BCUT2D eigenvalue weighted by atomic mass is 9.96. The number of carbonyl (C=O) groups excluding carboxylic acids is 2. The maximum absolute atomic E-state index is 13.3. The number of ketones is 1. The van der Waals surface area contributed by atoms with Crippen LogP contribution in [-0.2, 0) is 6.42 Å². The first-order valence-corrected chi connectivity index (χ1v) is 10.5. The fraction of sp³-hybridized carbons (Fsp3) is 0.391. The molecule has 0 N–H and O–H groups in total. The van der Waals surface area contributed by atoms with Crippen LogP contribution in [0, 0.1) is 6.92 Å². The molecule has 1 amide bonds. The van der Waals surface area contributed by atoms with Crippen LogP contribution in [0.4, 0.5) is 5.69 Å². The largest absolute Gasteiger partial charge is 0.365 e. The number of benzene rings is 1. The van der Waals surface area contributed by atoms with E-state index in [-0.39, 0.29) is 17.7 Å². The van der Waals surface area contributed by atoms with Crippen molar-refractivity contribution in [2.45, 2.75) is 39.2 Å². The molecule has 1 aliphatic carbocycles. The second-order valence-corrected chi connectivity index (χ2v) is 8.32. The lowest BCUT2D eigenvalue weighted by Crippen LogP contribution is -2.53. The third-order valence-corrected chi connectivity index (χ3v) is 6.22. The summed E-state index contributed by atoms with van der Waals surface area (Å²) in [5.74, 6) is 0.0606. The predicted octanol–water partition coefficient (Wildman–Crippen LogP) is 2.91. The molecule has 30 heavy (non-hydrogen) atoms. The molecule has 2 aromatic heterocycles. The predicted molar refractivity (Wildman–Crippen MR) is 114 cm³/mol. The zero-order chi connectivity index (χ0) is 20.8. The minimum Gasteiger partial charge on any atom is -0.365 e. The highest BCUT2D eigenvalue weighted by Gasteiger charge is 2.30. The summed E-state index contributed by atoms with van der Waals surface area (Å²) in [6, 6.07) is 8.70. The van der Waals surface area contributed by atoms with E-state index in [1.807, 2.05) is 4.90 Å². The number of aryl methyl sites for hydroxylation is 2. The Morgan fingerprint density at radius 1 is 1.17 bits per heavy atom. The number of fused-ring (bicyclic) bond motifs is 3. The normalized spacial score (nSPS) is 19.3. The van der Waals surface area contributed by atoms with Gasteiger partial charge in [-0.1, -0.05) is 12.1 Å². The van der Waals surface area contributed by atoms with Gasteiger partial charge in [0.25, 0.3) is 5.91 Å². The number of hydrogen-bond acceptors (Lipinski definition) is 5. The molecule has 0 spiro atoms. The summed E-state index contributed by atoms with van der Waals surface area (Å²) >= 11 is 0. The van der Waals surface area contributed by atoms with Crippen molar-refractivity contribution < 1.29 is 9.59 Å². The Bertz CT molecular complexity index is 1150. The SMILES string of the molecule is Cc1cccc(N2CCN(C(=O)c3cnn4c5c(cnc34)C(=O)CCC5)C[C@@H]2C)c1. The molecule has 1 aliphatic heterocycles. The van der Waals surface area contributed by atoms with Crippen LogP contribution in [0.3, 0.4) is 0 Å². The number of carbonyl (C=O) groups is 2. The summed E-state index contributed by atoms with van der Waals surface area (Å²) in [4.78, 5) is 34.1. The first-order chi connectivity index (χ1) is 14.5. The first kappa shape index (κ1) is 18.8. The fourth-order valence-corrected chi connectivity index (χ4v) is 4.66. The topological polar surface area (TPSA) is 70.8 Å². The molecule has 0 bridgehead atoms. The number of amides is 1. The number of hydrogen-bond donors (Lipinski definition) is 0. The lowest BCUT2D eigenvalue weighted by molar-refractivity contribution is 0.0728. The summed E-state index contributed by atoms with van der Waals surface area (Å²) in [5.41, 5.74) is 4.99. The maximum Gasteiger partial charge on any atom is 0.259 e. The maximum atomic E-state index is 13.3. The van der Waals surface area contributed by atoms with Crippen molar-refractivity contribution in [2.24, 2.45) is 0 Å². The van der Waals surface area contributed by atoms with Crippen LogP contribution in [0.1, 0.15) is 51.7 Å². The molecule has 0 unspecified atom stereocenters. The summed E-state index contributed by atoms with van der Waals surface area (Å²) < 4.78 is 1.69. The van der Waals surface area contributed by atoms with Crippen LogP contribution < -0.4 is 4.90 Å². The van der Waals surface area contributed by atoms with Crippen LogP contribution >= 0.6 is 0 Å². The molecule has 1 saturated heterocycles. The van der Waals surface area contributed by atoms with E-state index in [1.54, 1.807) is 16.9 Å². The summed E-state index contributed by atoms with van der Waals surface area (Å²) in [6.45, 7) is 6.33. The molecule has 0 radical (unpaired) electrons. The minimum absolute atomic E-state index is 0.0460. The average Bonchev–Trinajstić information content (AvgIpc) is 3.18. The number of nitrogens with zero attached hydrogens (tertiary/aromatic N) is 5. The van der Waals surface area contributed by atoms with E-state index in [0.29, 0.717) is 36.3 Å². The Kier molecular flexibility index (Phi) is 4.53. The highest BCUT2D eigenvalue weighted by atomic mass is 16.2. The van der Waals surface area contributed by atoms with Crippen molar-refractivity contribution in [3.8, 4) is 0 Å². The molecule has 1 aromatic carbocycles. The van der Waals surface area contributed by atoms with E-state index in [4.69, 9.17) is 0 Å². The summed E-state index contributed by atoms with van der Waals surface area (Å²) in [5, 5.41) is 4.42. The smallest absolute Gasteiger partial charge is 0.259 e. The van der Waals surface area contributed by atoms with Crippen molar-refractivity contribution in [1.29, 1.82) is 0 Å². The molecule has 0 saturated carbocycles. The second-order valence-electron chi connectivity index (χ2n) is 8.32. The van der Waals surface area contributed by atoms with Crippen LogP contribution in [0.15, 0.2) is 36.7 Å². The van der Waals surface area contributed by atoms with E-state index in [0.717, 1.165) is 25.1 Å². The summed E-state index contributed by atoms with van der Waals surface area (Å²) in [6.07, 6.45) is 5.36. The van der Waals surface area contributed by atoms with E-state index in [9.17, 15) is 9.59 Å². The van der Waals surface area contributed by atoms with Crippen molar-refractivity contribution in [3.63, 3.8) is 0 Å². The van der Waals surface area contributed by atoms with Gasteiger partial charge in [0.15, 0.2) is 11.4 Å². The van der Waals surface area contributed by atoms with Crippen LogP contribution in [0.2, 0.25) is 0 Å². The number of piperazine rings is 1. The third kappa shape index (κ3) is 3.05. The molecule has 5 rings (SSSR count). The molecule has 7 nitrogen and oxygen atoms in total. The van der Waals surface area contributed by atoms with Crippen molar-refractivity contribution in [3.05, 3.63) is 59.0 Å². The highest BCUT2D eigenvalue weighted by molar-refractivity contribution is 6.01. The molecule has 1 fully saturated rings. The monoisotopic (exact) mass is 403 g/mol. The Morgan fingerprint density at radius 3 is 2.83 bits per heavy atom. The van der Waals surface area contributed by atoms with Crippen LogP contribution in [0.5, 0.6) is 0 Å². The first-order valence-electron chi connectivity index (χ1n) is 10.5. The van der Waals surface area contributed by atoms with Crippen molar-refractivity contribution in [1.82, 2.24) is 19.5 Å². The van der Waals surface area contributed by atoms with Gasteiger partial charge >= 0.3 is 0 Å². The Morgan fingerprint density at radius 2 is 2.03 bits per heavy atom. The Labute approximate surface area is 175 Å². The van der Waals surface area contributed by atoms with Gasteiger partial charge in [-0.2, -0.15) is 5.10 Å². The molecule has 1 atom stereocenters. The molecular formula is C23H25N5O2. The van der Waals surface area contributed by atoms with E-state index < -0.39 is 0 Å². The zero-order valence-corrected chi connectivity index (χ0v) is 17.3. The number of rotatable bonds is 2. The van der Waals surface area contributed by atoms with Crippen molar-refractivity contribution >= 4 is 23.0 Å². The van der Waals surface area contributed by atoms with Gasteiger partial charge in [-0.15, -0.1) is 0 Å². The van der Waals surface area contributed by atoms with Gasteiger partial charge in [-0.3, -0.25) is 9.59 Å². The van der Waals surface area contributed by atoms with Gasteiger partial charge in [0, 0.05) is 44.0 Å². The number of Topliss-reactive ketones (excluding diaryl/α,β-unsaturated/α-hetero) is 1. The van der Waals surface area contributed by atoms with Crippen LogP contribution in [-0.4, -0.2) is 56.9 Å². The van der Waals surface area contributed by atoms with E-state index in [2.05, 4.69) is 53.1 Å². The third-order valence-electron chi connectivity index (χ3n) is 6.22. The summed E-state index contributed by atoms with van der Waals surface area (Å²) in [7, 11) is 0. The van der Waals surface area contributed by atoms with Gasteiger partial charge in [-0.05, 0) is 44.4 Å². The average molecular weight is 403 g/mol. The zero-order valence-electron chi connectivity index (χ0n) is 17.3. The minimum atomic E-state index is -0.0460. The van der Waals surface area contributed by atoms with E-state index in [1.165, 1.54) is 11.3 Å². The molecule has 154 valence electrons. The van der Waals surface area contributed by atoms with E-state index >= 15 is 0 Å². The van der Waals surface area contributed by atoms with Gasteiger partial charge < -0.3 is 9.80 Å². The molecule has 3 aromatic rings. The fourth-order valence-electron chi connectivity index (χ4n) is 4.66. The Hall–Kier alpha value is -3.22.